The summed E-state index contributed by atoms with van der Waals surface area (Å²) in [5.74, 6) is 1.05. The van der Waals surface area contributed by atoms with E-state index < -0.39 is 5.97 Å². The van der Waals surface area contributed by atoms with E-state index in [9.17, 15) is 4.79 Å². The zero-order chi connectivity index (χ0) is 18.7. The van der Waals surface area contributed by atoms with Crippen LogP contribution in [0.5, 0.6) is 17.2 Å². The molecule has 0 N–H and O–H groups in total. The van der Waals surface area contributed by atoms with Gasteiger partial charge in [-0.15, -0.1) is 0 Å². The number of methoxy groups -OCH3 is 3. The van der Waals surface area contributed by atoms with E-state index in [2.05, 4.69) is 4.99 Å². The predicted octanol–water partition coefficient (Wildman–Crippen LogP) is 3.37. The lowest BCUT2D eigenvalue weighted by Gasteiger charge is -2.13. The fourth-order valence-corrected chi connectivity index (χ4v) is 2.56. The molecule has 1 aliphatic rings. The van der Waals surface area contributed by atoms with Crippen molar-refractivity contribution in [3.63, 3.8) is 0 Å². The van der Waals surface area contributed by atoms with Gasteiger partial charge in [-0.25, -0.2) is 9.79 Å². The third-order valence-electron chi connectivity index (χ3n) is 3.91. The van der Waals surface area contributed by atoms with E-state index in [1.165, 1.54) is 21.3 Å². The van der Waals surface area contributed by atoms with E-state index in [0.717, 1.165) is 11.1 Å². The molecular formula is C20H19NO5. The van der Waals surface area contributed by atoms with Crippen molar-refractivity contribution >= 4 is 17.9 Å². The average molecular weight is 353 g/mol. The van der Waals surface area contributed by atoms with E-state index in [4.69, 9.17) is 18.9 Å². The highest BCUT2D eigenvalue weighted by Crippen LogP contribution is 2.39. The lowest BCUT2D eigenvalue weighted by molar-refractivity contribution is -0.129. The van der Waals surface area contributed by atoms with E-state index in [1.807, 2.05) is 31.2 Å². The van der Waals surface area contributed by atoms with Gasteiger partial charge in [-0.2, -0.15) is 0 Å². The molecule has 0 aromatic heterocycles. The molecule has 0 amide bonds. The Morgan fingerprint density at radius 3 is 2.12 bits per heavy atom. The Morgan fingerprint density at radius 1 is 0.962 bits per heavy atom. The molecule has 0 saturated heterocycles. The van der Waals surface area contributed by atoms with E-state index >= 15 is 0 Å². The molecular weight excluding hydrogens is 334 g/mol. The molecule has 6 heteroatoms. The lowest BCUT2D eigenvalue weighted by Crippen LogP contribution is -2.06. The van der Waals surface area contributed by atoms with Gasteiger partial charge in [0.05, 0.1) is 21.3 Å². The summed E-state index contributed by atoms with van der Waals surface area (Å²) in [6, 6.07) is 11.1. The van der Waals surface area contributed by atoms with Crippen molar-refractivity contribution in [3.05, 3.63) is 58.8 Å². The molecule has 0 atom stereocenters. The molecule has 0 unspecified atom stereocenters. The maximum atomic E-state index is 12.2. The van der Waals surface area contributed by atoms with Gasteiger partial charge < -0.3 is 18.9 Å². The minimum absolute atomic E-state index is 0.188. The fourth-order valence-electron chi connectivity index (χ4n) is 2.56. The zero-order valence-corrected chi connectivity index (χ0v) is 15.0. The topological polar surface area (TPSA) is 66.4 Å². The first kappa shape index (κ1) is 17.5. The van der Waals surface area contributed by atoms with Crippen molar-refractivity contribution in [2.75, 3.05) is 21.3 Å². The van der Waals surface area contributed by atoms with Crippen LogP contribution in [0.4, 0.5) is 0 Å². The third kappa shape index (κ3) is 3.39. The highest BCUT2D eigenvalue weighted by Gasteiger charge is 2.26. The van der Waals surface area contributed by atoms with Crippen molar-refractivity contribution in [1.29, 1.82) is 0 Å². The zero-order valence-electron chi connectivity index (χ0n) is 15.0. The number of aliphatic imine (C=N–C) groups is 1. The number of ether oxygens (including phenoxy) is 4. The Morgan fingerprint density at radius 2 is 1.58 bits per heavy atom. The van der Waals surface area contributed by atoms with E-state index in [-0.39, 0.29) is 11.6 Å². The predicted molar refractivity (Wildman–Crippen MR) is 97.9 cm³/mol. The van der Waals surface area contributed by atoms with Gasteiger partial charge in [0, 0.05) is 5.56 Å². The molecule has 1 heterocycles. The summed E-state index contributed by atoms with van der Waals surface area (Å²) in [5.41, 5.74) is 2.80. The molecule has 2 aromatic rings. The highest BCUT2D eigenvalue weighted by atomic mass is 16.6. The number of carbonyl (C=O) groups excluding carboxylic acids is 1. The smallest absolute Gasteiger partial charge is 0.363 e. The van der Waals surface area contributed by atoms with Crippen LogP contribution in [0.15, 0.2) is 47.1 Å². The summed E-state index contributed by atoms with van der Waals surface area (Å²) in [7, 11) is 4.56. The van der Waals surface area contributed by atoms with Gasteiger partial charge in [-0.05, 0) is 30.7 Å². The number of nitrogens with zero attached hydrogens (tertiary/aromatic N) is 1. The molecule has 6 nitrogen and oxygen atoms in total. The Hall–Kier alpha value is -3.28. The number of benzene rings is 2. The molecule has 134 valence electrons. The first-order valence-electron chi connectivity index (χ1n) is 7.95. The molecule has 0 aliphatic carbocycles. The molecule has 0 fully saturated rings. The number of hydrogen-bond acceptors (Lipinski definition) is 6. The van der Waals surface area contributed by atoms with Gasteiger partial charge in [0.2, 0.25) is 11.6 Å². The molecule has 0 bridgehead atoms. The molecule has 1 aliphatic heterocycles. The van der Waals surface area contributed by atoms with Gasteiger partial charge in [0.1, 0.15) is 0 Å². The Labute approximate surface area is 151 Å². The van der Waals surface area contributed by atoms with Crippen molar-refractivity contribution < 1.29 is 23.7 Å². The minimum Gasteiger partial charge on any atom is -0.493 e. The second kappa shape index (κ2) is 7.31. The van der Waals surface area contributed by atoms with E-state index in [1.54, 1.807) is 18.2 Å². The first-order chi connectivity index (χ1) is 12.5. The van der Waals surface area contributed by atoms with Crippen LogP contribution in [0.25, 0.3) is 6.08 Å². The summed E-state index contributed by atoms with van der Waals surface area (Å²) in [6.45, 7) is 2.00. The second-order valence-corrected chi connectivity index (χ2v) is 5.66. The molecule has 0 spiro atoms. The van der Waals surface area contributed by atoms with Crippen LogP contribution in [0, 0.1) is 6.92 Å². The summed E-state index contributed by atoms with van der Waals surface area (Å²) in [4.78, 5) is 16.5. The summed E-state index contributed by atoms with van der Waals surface area (Å²) in [5, 5.41) is 0. The van der Waals surface area contributed by atoms with Crippen LogP contribution in [0.3, 0.4) is 0 Å². The monoisotopic (exact) mass is 353 g/mol. The van der Waals surface area contributed by atoms with Crippen LogP contribution in [-0.2, 0) is 9.53 Å². The number of carbonyl (C=O) groups is 1. The van der Waals surface area contributed by atoms with Gasteiger partial charge >= 0.3 is 5.97 Å². The largest absolute Gasteiger partial charge is 0.493 e. The molecule has 26 heavy (non-hydrogen) atoms. The van der Waals surface area contributed by atoms with Crippen LogP contribution in [0.1, 0.15) is 16.7 Å². The highest BCUT2D eigenvalue weighted by molar-refractivity contribution is 6.13. The number of hydrogen-bond donors (Lipinski definition) is 0. The fraction of sp³-hybridized carbons (Fsp3) is 0.200. The average Bonchev–Trinajstić information content (AvgIpc) is 3.02. The number of aryl methyl sites for hydroxylation is 1. The molecule has 2 aromatic carbocycles. The number of rotatable bonds is 5. The minimum atomic E-state index is -0.505. The van der Waals surface area contributed by atoms with Gasteiger partial charge in [-0.1, -0.05) is 29.8 Å². The second-order valence-electron chi connectivity index (χ2n) is 5.66. The molecule has 3 rings (SSSR count). The van der Waals surface area contributed by atoms with Crippen LogP contribution in [0.2, 0.25) is 0 Å². The number of esters is 1. The number of cyclic esters (lactones) is 1. The maximum Gasteiger partial charge on any atom is 0.363 e. The van der Waals surface area contributed by atoms with Crippen molar-refractivity contribution in [2.45, 2.75) is 6.92 Å². The van der Waals surface area contributed by atoms with Gasteiger partial charge in [0.15, 0.2) is 17.2 Å². The normalized spacial score (nSPS) is 14.8. The van der Waals surface area contributed by atoms with Crippen LogP contribution < -0.4 is 14.2 Å². The van der Waals surface area contributed by atoms with Crippen molar-refractivity contribution in [2.24, 2.45) is 4.99 Å². The summed E-state index contributed by atoms with van der Waals surface area (Å²) >= 11 is 0. The molecule has 0 radical (unpaired) electrons. The van der Waals surface area contributed by atoms with Crippen molar-refractivity contribution in [3.8, 4) is 17.2 Å². The lowest BCUT2D eigenvalue weighted by atomic mass is 10.1. The van der Waals surface area contributed by atoms with E-state index in [0.29, 0.717) is 22.8 Å². The Bertz CT molecular complexity index is 872. The van der Waals surface area contributed by atoms with Gasteiger partial charge in [-0.3, -0.25) is 0 Å². The standard InChI is InChI=1S/C20H19NO5/c1-12-5-7-13(8-6-12)9-15-20(22)26-19(21-15)14-10-16(23-2)18(25-4)17(11-14)24-3/h5-11H,1-4H3. The van der Waals surface area contributed by atoms with Crippen LogP contribution >= 0.6 is 0 Å². The third-order valence-corrected chi connectivity index (χ3v) is 3.91. The quantitative estimate of drug-likeness (QED) is 0.609. The van der Waals surface area contributed by atoms with Gasteiger partial charge in [0.25, 0.3) is 0 Å². The summed E-state index contributed by atoms with van der Waals surface area (Å²) in [6.07, 6.45) is 1.69. The summed E-state index contributed by atoms with van der Waals surface area (Å²) < 4.78 is 21.3. The molecule has 0 saturated carbocycles. The van der Waals surface area contributed by atoms with Crippen molar-refractivity contribution in [1.82, 2.24) is 0 Å². The Kier molecular flexibility index (Phi) is 4.93. The Balaban J connectivity index is 1.99. The first-order valence-corrected chi connectivity index (χ1v) is 7.95. The van der Waals surface area contributed by atoms with Crippen LogP contribution in [-0.4, -0.2) is 33.2 Å². The maximum absolute atomic E-state index is 12.2. The SMILES string of the molecule is COc1cc(C2=NC(=Cc3ccc(C)cc3)C(=O)O2)cc(OC)c1OC.